The predicted molar refractivity (Wildman–Crippen MR) is 56.6 cm³/mol. The van der Waals surface area contributed by atoms with Crippen molar-refractivity contribution in [1.82, 2.24) is 9.38 Å². The van der Waals surface area contributed by atoms with Crippen LogP contribution in [0.25, 0.3) is 11.6 Å². The monoisotopic (exact) mass is 202 g/mol. The van der Waals surface area contributed by atoms with E-state index < -0.39 is 5.97 Å². The summed E-state index contributed by atoms with van der Waals surface area (Å²) in [6.45, 7) is 1.88. The van der Waals surface area contributed by atoms with Gasteiger partial charge in [0.05, 0.1) is 11.2 Å². The van der Waals surface area contributed by atoms with E-state index in [0.717, 1.165) is 17.4 Å². The van der Waals surface area contributed by atoms with Gasteiger partial charge in [-0.3, -0.25) is 0 Å². The number of carboxylic acid groups (broad SMARTS) is 1. The molecule has 15 heavy (non-hydrogen) atoms. The van der Waals surface area contributed by atoms with Gasteiger partial charge in [0.15, 0.2) is 0 Å². The van der Waals surface area contributed by atoms with Crippen LogP contribution in [0.2, 0.25) is 0 Å². The zero-order chi connectivity index (χ0) is 10.8. The number of hydrogen-bond acceptors (Lipinski definition) is 2. The Morgan fingerprint density at radius 2 is 2.33 bits per heavy atom. The summed E-state index contributed by atoms with van der Waals surface area (Å²) < 4.78 is 1.92. The van der Waals surface area contributed by atoms with E-state index in [1.807, 2.05) is 35.7 Å². The lowest BCUT2D eigenvalue weighted by Gasteiger charge is -1.93. The Kier molecular flexibility index (Phi) is 2.25. The van der Waals surface area contributed by atoms with Gasteiger partial charge in [-0.05, 0) is 25.1 Å². The molecule has 4 heteroatoms. The van der Waals surface area contributed by atoms with Crippen molar-refractivity contribution in [2.24, 2.45) is 0 Å². The van der Waals surface area contributed by atoms with Gasteiger partial charge < -0.3 is 9.51 Å². The number of nitrogens with zero attached hydrogens (tertiary/aromatic N) is 2. The van der Waals surface area contributed by atoms with Crippen molar-refractivity contribution in [3.8, 4) is 0 Å². The smallest absolute Gasteiger partial charge is 0.328 e. The summed E-state index contributed by atoms with van der Waals surface area (Å²) in [5, 5.41) is 8.53. The number of pyridine rings is 1. The predicted octanol–water partition coefficient (Wildman–Crippen LogP) is 1.74. The van der Waals surface area contributed by atoms with E-state index in [9.17, 15) is 4.79 Å². The fourth-order valence-electron chi connectivity index (χ4n) is 1.49. The summed E-state index contributed by atoms with van der Waals surface area (Å²) in [5.41, 5.74) is 1.59. The minimum Gasteiger partial charge on any atom is -0.478 e. The Balaban J connectivity index is 2.57. The zero-order valence-electron chi connectivity index (χ0n) is 8.21. The highest BCUT2D eigenvalue weighted by atomic mass is 16.4. The van der Waals surface area contributed by atoms with Crippen LogP contribution < -0.4 is 0 Å². The van der Waals surface area contributed by atoms with Crippen LogP contribution in [0.4, 0.5) is 0 Å². The average Bonchev–Trinajstić information content (AvgIpc) is 2.54. The standard InChI is InChI=1S/C11H10N2O2/c1-8-12-9(5-6-11(14)15)10-4-2-3-7-13(8)10/h2-7H,1H3,(H,14,15)/b6-5+. The van der Waals surface area contributed by atoms with Crippen molar-refractivity contribution in [3.05, 3.63) is 42.0 Å². The van der Waals surface area contributed by atoms with Gasteiger partial charge in [0.2, 0.25) is 0 Å². The lowest BCUT2D eigenvalue weighted by atomic mass is 10.3. The number of rotatable bonds is 2. The number of imidazole rings is 1. The van der Waals surface area contributed by atoms with Crippen molar-refractivity contribution >= 4 is 17.6 Å². The second kappa shape index (κ2) is 3.57. The second-order valence-electron chi connectivity index (χ2n) is 3.17. The summed E-state index contributed by atoms with van der Waals surface area (Å²) >= 11 is 0. The highest BCUT2D eigenvalue weighted by Gasteiger charge is 2.04. The Morgan fingerprint density at radius 3 is 3.07 bits per heavy atom. The van der Waals surface area contributed by atoms with Crippen molar-refractivity contribution < 1.29 is 9.90 Å². The Bertz CT molecular complexity index is 541. The quantitative estimate of drug-likeness (QED) is 0.754. The number of hydrogen-bond donors (Lipinski definition) is 1. The molecule has 0 atom stereocenters. The van der Waals surface area contributed by atoms with Gasteiger partial charge in [0, 0.05) is 12.3 Å². The maximum atomic E-state index is 10.4. The first-order chi connectivity index (χ1) is 7.18. The van der Waals surface area contributed by atoms with E-state index in [1.165, 1.54) is 6.08 Å². The average molecular weight is 202 g/mol. The maximum Gasteiger partial charge on any atom is 0.328 e. The first-order valence-corrected chi connectivity index (χ1v) is 4.53. The number of fused-ring (bicyclic) bond motifs is 1. The molecule has 2 aromatic rings. The van der Waals surface area contributed by atoms with Gasteiger partial charge in [0.1, 0.15) is 5.82 Å². The van der Waals surface area contributed by atoms with Gasteiger partial charge in [0.25, 0.3) is 0 Å². The largest absolute Gasteiger partial charge is 0.478 e. The molecule has 0 saturated carbocycles. The fourth-order valence-corrected chi connectivity index (χ4v) is 1.49. The van der Waals surface area contributed by atoms with Crippen LogP contribution >= 0.6 is 0 Å². The van der Waals surface area contributed by atoms with Gasteiger partial charge in [-0.2, -0.15) is 0 Å². The molecule has 0 spiro atoms. The highest BCUT2D eigenvalue weighted by molar-refractivity contribution is 5.86. The lowest BCUT2D eigenvalue weighted by molar-refractivity contribution is -0.131. The van der Waals surface area contributed by atoms with Gasteiger partial charge in [-0.1, -0.05) is 6.07 Å². The van der Waals surface area contributed by atoms with Crippen LogP contribution in [-0.4, -0.2) is 20.5 Å². The molecule has 0 radical (unpaired) electrons. The minimum absolute atomic E-state index is 0.676. The molecule has 2 aromatic heterocycles. The molecule has 76 valence electrons. The molecule has 0 aliphatic carbocycles. The summed E-state index contributed by atoms with van der Waals surface area (Å²) in [6.07, 6.45) is 4.50. The SMILES string of the molecule is Cc1nc(/C=C/C(=O)O)c2ccccn12. The molecule has 0 aliphatic rings. The van der Waals surface area contributed by atoms with Crippen LogP contribution in [0, 0.1) is 6.92 Å². The van der Waals surface area contributed by atoms with Crippen LogP contribution in [0.15, 0.2) is 30.5 Å². The van der Waals surface area contributed by atoms with Crippen molar-refractivity contribution in [1.29, 1.82) is 0 Å². The zero-order valence-corrected chi connectivity index (χ0v) is 8.21. The van der Waals surface area contributed by atoms with Crippen molar-refractivity contribution in [3.63, 3.8) is 0 Å². The molecule has 0 amide bonds. The van der Waals surface area contributed by atoms with Gasteiger partial charge >= 0.3 is 5.97 Å². The van der Waals surface area contributed by atoms with Crippen molar-refractivity contribution in [2.45, 2.75) is 6.92 Å². The van der Waals surface area contributed by atoms with Gasteiger partial charge in [-0.25, -0.2) is 9.78 Å². The third kappa shape index (κ3) is 1.74. The molecule has 1 N–H and O–H groups in total. The third-order valence-corrected chi connectivity index (χ3v) is 2.14. The first kappa shape index (κ1) is 9.45. The molecule has 2 heterocycles. The van der Waals surface area contributed by atoms with E-state index in [0.29, 0.717) is 5.69 Å². The lowest BCUT2D eigenvalue weighted by Crippen LogP contribution is -1.86. The van der Waals surface area contributed by atoms with E-state index >= 15 is 0 Å². The van der Waals surface area contributed by atoms with E-state index in [1.54, 1.807) is 0 Å². The first-order valence-electron chi connectivity index (χ1n) is 4.53. The molecule has 0 saturated heterocycles. The van der Waals surface area contributed by atoms with Crippen molar-refractivity contribution in [2.75, 3.05) is 0 Å². The molecule has 0 bridgehead atoms. The van der Waals surface area contributed by atoms with E-state index in [-0.39, 0.29) is 0 Å². The van der Waals surface area contributed by atoms with Crippen LogP contribution in [0.3, 0.4) is 0 Å². The Morgan fingerprint density at radius 1 is 1.53 bits per heavy atom. The summed E-state index contributed by atoms with van der Waals surface area (Å²) in [5.74, 6) is -0.125. The number of aryl methyl sites for hydroxylation is 1. The number of carbonyl (C=O) groups is 1. The molecular weight excluding hydrogens is 192 g/mol. The Labute approximate surface area is 86.5 Å². The normalized spacial score (nSPS) is 11.3. The third-order valence-electron chi connectivity index (χ3n) is 2.14. The molecule has 0 fully saturated rings. The summed E-state index contributed by atoms with van der Waals surface area (Å²) in [7, 11) is 0. The summed E-state index contributed by atoms with van der Waals surface area (Å²) in [4.78, 5) is 14.7. The minimum atomic E-state index is -0.968. The highest BCUT2D eigenvalue weighted by Crippen LogP contribution is 2.13. The molecule has 4 nitrogen and oxygen atoms in total. The fraction of sp³-hybridized carbons (Fsp3) is 0.0909. The number of aromatic nitrogens is 2. The molecule has 2 rings (SSSR count). The number of carboxylic acids is 1. The number of aliphatic carboxylic acids is 1. The molecule has 0 aliphatic heterocycles. The maximum absolute atomic E-state index is 10.4. The topological polar surface area (TPSA) is 54.6 Å². The van der Waals surface area contributed by atoms with E-state index in [4.69, 9.17) is 5.11 Å². The van der Waals surface area contributed by atoms with E-state index in [2.05, 4.69) is 4.98 Å². The van der Waals surface area contributed by atoms with Crippen LogP contribution in [-0.2, 0) is 4.79 Å². The second-order valence-corrected chi connectivity index (χ2v) is 3.17. The summed E-state index contributed by atoms with van der Waals surface area (Å²) in [6, 6.07) is 5.71. The molecule has 0 aromatic carbocycles. The van der Waals surface area contributed by atoms with Gasteiger partial charge in [-0.15, -0.1) is 0 Å². The Hall–Kier alpha value is -2.10. The molecule has 0 unspecified atom stereocenters. The van der Waals surface area contributed by atoms with Crippen LogP contribution in [0.1, 0.15) is 11.5 Å². The molecular formula is C11H10N2O2. The van der Waals surface area contributed by atoms with Crippen LogP contribution in [0.5, 0.6) is 0 Å².